The van der Waals surface area contributed by atoms with E-state index < -0.39 is 0 Å². The molecule has 3 heteroatoms. The summed E-state index contributed by atoms with van der Waals surface area (Å²) in [5.41, 5.74) is 7.20. The third-order valence-corrected chi connectivity index (χ3v) is 8.19. The Labute approximate surface area is 204 Å². The van der Waals surface area contributed by atoms with Crippen LogP contribution < -0.4 is 4.90 Å². The first-order valence-electron chi connectivity index (χ1n) is 13.4. The minimum atomic E-state index is 0.207. The highest BCUT2D eigenvalue weighted by atomic mass is 16.2. The monoisotopic (exact) mass is 454 g/mol. The molecule has 2 aromatic carbocycles. The molecule has 0 spiro atoms. The Balaban J connectivity index is 1.09. The number of hydrogen-bond donors (Lipinski definition) is 0. The Morgan fingerprint density at radius 2 is 1.76 bits per heavy atom. The molecule has 3 nitrogen and oxygen atoms in total. The van der Waals surface area contributed by atoms with E-state index in [0.717, 1.165) is 57.4 Å². The van der Waals surface area contributed by atoms with Crippen LogP contribution in [-0.4, -0.2) is 30.4 Å². The van der Waals surface area contributed by atoms with Gasteiger partial charge < -0.3 is 9.80 Å². The minimum Gasteiger partial charge on any atom is -0.370 e. The summed E-state index contributed by atoms with van der Waals surface area (Å²) in [5.74, 6) is 0.939. The first-order valence-corrected chi connectivity index (χ1v) is 13.4. The Kier molecular flexibility index (Phi) is 7.21. The molecule has 2 aromatic rings. The van der Waals surface area contributed by atoms with E-state index in [1.807, 2.05) is 4.90 Å². The zero-order valence-electron chi connectivity index (χ0n) is 20.5. The van der Waals surface area contributed by atoms with Crippen LogP contribution in [0.1, 0.15) is 64.2 Å². The van der Waals surface area contributed by atoms with E-state index in [4.69, 9.17) is 0 Å². The highest BCUT2D eigenvalue weighted by Gasteiger charge is 2.44. The number of allylic oxidation sites excluding steroid dienone is 1. The number of carbonyl (C=O) groups is 1. The maximum Gasteiger partial charge on any atom is 0.231 e. The van der Waals surface area contributed by atoms with E-state index in [9.17, 15) is 4.79 Å². The van der Waals surface area contributed by atoms with Gasteiger partial charge in [-0.15, -0.1) is 5.73 Å². The normalized spacial score (nSPS) is 23.0. The molecule has 178 valence electrons. The van der Waals surface area contributed by atoms with E-state index >= 15 is 0 Å². The zero-order valence-corrected chi connectivity index (χ0v) is 20.5. The molecule has 1 saturated heterocycles. The van der Waals surface area contributed by atoms with Crippen molar-refractivity contribution in [2.75, 3.05) is 24.5 Å². The molecule has 2 heterocycles. The van der Waals surface area contributed by atoms with Crippen LogP contribution in [-0.2, 0) is 4.79 Å². The third kappa shape index (κ3) is 4.72. The standard InChI is InChI=1S/C31H38N2O/c1-2-29-27-17-7-8-18-28(27)31(34)33(29)22-9-3-4-12-24-13-11-21-32(23-20-24)30-19-10-15-25-14-5-6-16-26(25)30/h5-6,10,13-16,19,27-28H,1,3-4,7-9,11-12,17-18,20-23H2. The molecule has 5 rings (SSSR count). The average Bonchev–Trinajstić information content (AvgIpc) is 3.00. The second-order valence-electron chi connectivity index (χ2n) is 10.2. The van der Waals surface area contributed by atoms with Crippen molar-refractivity contribution in [2.24, 2.45) is 11.8 Å². The molecule has 1 aliphatic carbocycles. The number of fused-ring (bicyclic) bond motifs is 2. The Hall–Kier alpha value is -2.77. The van der Waals surface area contributed by atoms with Crippen LogP contribution in [0.15, 0.2) is 72.1 Å². The topological polar surface area (TPSA) is 23.6 Å². The van der Waals surface area contributed by atoms with Crippen LogP contribution in [0, 0.1) is 11.8 Å². The van der Waals surface area contributed by atoms with Crippen molar-refractivity contribution in [3.8, 4) is 0 Å². The predicted molar refractivity (Wildman–Crippen MR) is 142 cm³/mol. The van der Waals surface area contributed by atoms with Crippen molar-refractivity contribution in [2.45, 2.75) is 64.2 Å². The van der Waals surface area contributed by atoms with Crippen molar-refractivity contribution >= 4 is 22.4 Å². The number of likely N-dealkylation sites (tertiary alicyclic amines) is 1. The molecule has 2 aliphatic heterocycles. The highest BCUT2D eigenvalue weighted by molar-refractivity contribution is 5.94. The number of nitrogens with zero attached hydrogens (tertiary/aromatic N) is 2. The SMILES string of the molecule is C=C=C1C2CCCCC2C(=O)N1CCCCCC1=CCCN(c2cccc3ccccc23)CC1. The van der Waals surface area contributed by atoms with Crippen molar-refractivity contribution in [3.63, 3.8) is 0 Å². The molecular formula is C31H38N2O. The first kappa shape index (κ1) is 23.0. The van der Waals surface area contributed by atoms with Gasteiger partial charge in [0, 0.05) is 42.5 Å². The quantitative estimate of drug-likeness (QED) is 0.250. The van der Waals surface area contributed by atoms with Gasteiger partial charge in [0.25, 0.3) is 0 Å². The fourth-order valence-electron chi connectivity index (χ4n) is 6.40. The number of carbonyl (C=O) groups excluding carboxylic acids is 1. The van der Waals surface area contributed by atoms with Crippen LogP contribution in [0.4, 0.5) is 5.69 Å². The summed E-state index contributed by atoms with van der Waals surface area (Å²) in [6.07, 6.45) is 14.0. The number of hydrogen-bond acceptors (Lipinski definition) is 2. The molecule has 34 heavy (non-hydrogen) atoms. The number of rotatable bonds is 7. The van der Waals surface area contributed by atoms with Gasteiger partial charge in [-0.1, -0.05) is 73.9 Å². The summed E-state index contributed by atoms with van der Waals surface area (Å²) in [6, 6.07) is 15.4. The molecule has 2 atom stereocenters. The molecule has 3 aliphatic rings. The van der Waals surface area contributed by atoms with Crippen molar-refractivity contribution in [3.05, 3.63) is 72.1 Å². The number of anilines is 1. The summed E-state index contributed by atoms with van der Waals surface area (Å²) in [6.45, 7) is 6.94. The van der Waals surface area contributed by atoms with Crippen LogP contribution in [0.2, 0.25) is 0 Å². The van der Waals surface area contributed by atoms with Crippen LogP contribution in [0.5, 0.6) is 0 Å². The maximum absolute atomic E-state index is 12.9. The zero-order chi connectivity index (χ0) is 23.3. The van der Waals surface area contributed by atoms with Gasteiger partial charge in [-0.05, 0) is 56.4 Å². The summed E-state index contributed by atoms with van der Waals surface area (Å²) < 4.78 is 0. The van der Waals surface area contributed by atoms with Gasteiger partial charge in [0.2, 0.25) is 5.91 Å². The minimum absolute atomic E-state index is 0.207. The predicted octanol–water partition coefficient (Wildman–Crippen LogP) is 7.24. The van der Waals surface area contributed by atoms with E-state index in [-0.39, 0.29) is 5.92 Å². The van der Waals surface area contributed by atoms with Gasteiger partial charge in [-0.2, -0.15) is 0 Å². The molecule has 0 N–H and O–H groups in total. The van der Waals surface area contributed by atoms with Gasteiger partial charge in [0.1, 0.15) is 0 Å². The lowest BCUT2D eigenvalue weighted by atomic mass is 9.80. The number of amides is 1. The summed E-state index contributed by atoms with van der Waals surface area (Å²) >= 11 is 0. The van der Waals surface area contributed by atoms with Crippen molar-refractivity contribution in [1.29, 1.82) is 0 Å². The van der Waals surface area contributed by atoms with Crippen molar-refractivity contribution in [1.82, 2.24) is 4.90 Å². The first-order chi connectivity index (χ1) is 16.8. The second-order valence-corrected chi connectivity index (χ2v) is 10.2. The van der Waals surface area contributed by atoms with E-state index in [2.05, 4.69) is 65.8 Å². The Morgan fingerprint density at radius 3 is 2.65 bits per heavy atom. The average molecular weight is 455 g/mol. The third-order valence-electron chi connectivity index (χ3n) is 8.19. The van der Waals surface area contributed by atoms with Gasteiger partial charge in [0.05, 0.1) is 5.70 Å². The van der Waals surface area contributed by atoms with Crippen molar-refractivity contribution < 1.29 is 4.79 Å². The summed E-state index contributed by atoms with van der Waals surface area (Å²) in [7, 11) is 0. The van der Waals surface area contributed by atoms with E-state index in [1.165, 1.54) is 48.6 Å². The lowest BCUT2D eigenvalue weighted by Crippen LogP contribution is -2.27. The highest BCUT2D eigenvalue weighted by Crippen LogP contribution is 2.43. The molecule has 2 fully saturated rings. The molecule has 1 amide bonds. The molecule has 2 unspecified atom stereocenters. The van der Waals surface area contributed by atoms with Crippen LogP contribution in [0.25, 0.3) is 10.8 Å². The second kappa shape index (κ2) is 10.7. The number of benzene rings is 2. The van der Waals surface area contributed by atoms with Gasteiger partial charge in [0.15, 0.2) is 0 Å². The van der Waals surface area contributed by atoms with Crippen LogP contribution >= 0.6 is 0 Å². The molecule has 1 saturated carbocycles. The molecule has 0 bridgehead atoms. The van der Waals surface area contributed by atoms with Crippen LogP contribution in [0.3, 0.4) is 0 Å². The van der Waals surface area contributed by atoms with Gasteiger partial charge in [-0.3, -0.25) is 4.79 Å². The van der Waals surface area contributed by atoms with Gasteiger partial charge in [-0.25, -0.2) is 0 Å². The maximum atomic E-state index is 12.9. The summed E-state index contributed by atoms with van der Waals surface area (Å²) in [4.78, 5) is 17.5. The summed E-state index contributed by atoms with van der Waals surface area (Å²) in [5, 5.41) is 2.68. The lowest BCUT2D eigenvalue weighted by Gasteiger charge is -2.24. The number of unbranched alkanes of at least 4 members (excludes halogenated alkanes) is 2. The van der Waals surface area contributed by atoms with Gasteiger partial charge >= 0.3 is 0 Å². The fourth-order valence-corrected chi connectivity index (χ4v) is 6.40. The lowest BCUT2D eigenvalue weighted by molar-refractivity contribution is -0.131. The van der Waals surface area contributed by atoms with E-state index in [0.29, 0.717) is 11.8 Å². The molecule has 0 radical (unpaired) electrons. The van der Waals surface area contributed by atoms with E-state index in [1.54, 1.807) is 5.57 Å². The Bertz CT molecular complexity index is 1100. The smallest absolute Gasteiger partial charge is 0.231 e. The molecular weight excluding hydrogens is 416 g/mol. The Morgan fingerprint density at radius 1 is 0.941 bits per heavy atom. The molecule has 0 aromatic heterocycles. The fraction of sp³-hybridized carbons (Fsp3) is 0.484. The largest absolute Gasteiger partial charge is 0.370 e.